The lowest BCUT2D eigenvalue weighted by molar-refractivity contribution is -0.137. The summed E-state index contributed by atoms with van der Waals surface area (Å²) in [6.07, 6.45) is -2.03. The summed E-state index contributed by atoms with van der Waals surface area (Å²) in [5, 5.41) is 2.78. The van der Waals surface area contributed by atoms with Gasteiger partial charge in [0.25, 0.3) is 0 Å². The number of carbonyl (C=O) groups excluding carboxylic acids is 2. The number of benzene rings is 1. The Morgan fingerprint density at radius 1 is 1.21 bits per heavy atom. The minimum atomic E-state index is -4.44. The fourth-order valence-corrected chi connectivity index (χ4v) is 3.53. The second-order valence-electron chi connectivity index (χ2n) is 6.88. The quantitative estimate of drug-likeness (QED) is 0.855. The van der Waals surface area contributed by atoms with Gasteiger partial charge in [0.2, 0.25) is 11.8 Å². The van der Waals surface area contributed by atoms with Crippen LogP contribution in [0, 0.1) is 5.92 Å². The van der Waals surface area contributed by atoms with E-state index >= 15 is 0 Å². The summed E-state index contributed by atoms with van der Waals surface area (Å²) in [4.78, 5) is 26.1. The van der Waals surface area contributed by atoms with Gasteiger partial charge in [-0.05, 0) is 42.7 Å². The van der Waals surface area contributed by atoms with Crippen LogP contribution in [0.2, 0.25) is 0 Å². The molecule has 8 heteroatoms. The molecule has 2 aromatic rings. The summed E-state index contributed by atoms with van der Waals surface area (Å²) in [7, 11) is 0. The molecule has 150 valence electrons. The molecule has 0 aliphatic carbocycles. The van der Waals surface area contributed by atoms with Crippen LogP contribution in [0.1, 0.15) is 42.7 Å². The average Bonchev–Trinajstić information content (AvgIpc) is 3.18. The maximum Gasteiger partial charge on any atom is 0.416 e. The minimum absolute atomic E-state index is 0.167. The largest absolute Gasteiger partial charge is 0.467 e. The number of furan rings is 1. The van der Waals surface area contributed by atoms with Crippen LogP contribution in [0.25, 0.3) is 0 Å². The first kappa shape index (κ1) is 20.0. The molecule has 0 bridgehead atoms. The van der Waals surface area contributed by atoms with Crippen molar-refractivity contribution in [2.75, 3.05) is 6.54 Å². The number of carbonyl (C=O) groups is 2. The van der Waals surface area contributed by atoms with E-state index in [0.717, 1.165) is 12.1 Å². The number of amides is 2. The summed E-state index contributed by atoms with van der Waals surface area (Å²) < 4.78 is 44.2. The van der Waals surface area contributed by atoms with Crippen LogP contribution in [-0.4, -0.2) is 23.3 Å². The van der Waals surface area contributed by atoms with E-state index in [0.29, 0.717) is 24.2 Å². The molecule has 2 heterocycles. The second kappa shape index (κ2) is 8.08. The van der Waals surface area contributed by atoms with Gasteiger partial charge in [0, 0.05) is 13.5 Å². The van der Waals surface area contributed by atoms with Crippen LogP contribution >= 0.6 is 0 Å². The third-order valence-electron chi connectivity index (χ3n) is 4.97. The zero-order chi connectivity index (χ0) is 20.3. The molecule has 5 nitrogen and oxygen atoms in total. The smallest absolute Gasteiger partial charge is 0.416 e. The highest BCUT2D eigenvalue weighted by atomic mass is 19.4. The van der Waals surface area contributed by atoms with E-state index in [1.54, 1.807) is 18.2 Å². The van der Waals surface area contributed by atoms with E-state index in [1.165, 1.54) is 24.2 Å². The highest BCUT2D eigenvalue weighted by Gasteiger charge is 2.36. The van der Waals surface area contributed by atoms with Gasteiger partial charge in [-0.25, -0.2) is 0 Å². The molecule has 0 unspecified atom stereocenters. The van der Waals surface area contributed by atoms with E-state index in [-0.39, 0.29) is 24.9 Å². The molecule has 0 saturated carbocycles. The fraction of sp³-hybridized carbons (Fsp3) is 0.400. The van der Waals surface area contributed by atoms with Crippen LogP contribution in [0.15, 0.2) is 47.1 Å². The monoisotopic (exact) mass is 394 g/mol. The molecular formula is C20H21F3N2O3. The van der Waals surface area contributed by atoms with Crippen LogP contribution in [-0.2, 0) is 22.3 Å². The number of likely N-dealkylation sites (tertiary alicyclic amines) is 1. The molecule has 0 spiro atoms. The normalized spacial score (nSPS) is 20.1. The van der Waals surface area contributed by atoms with Crippen molar-refractivity contribution < 1.29 is 27.2 Å². The van der Waals surface area contributed by atoms with Gasteiger partial charge in [0.15, 0.2) is 0 Å². The Bertz CT molecular complexity index is 833. The number of rotatable bonds is 4. The Hall–Kier alpha value is -2.77. The molecule has 1 fully saturated rings. The Kier molecular flexibility index (Phi) is 5.76. The Morgan fingerprint density at radius 2 is 2.00 bits per heavy atom. The van der Waals surface area contributed by atoms with Crippen molar-refractivity contribution in [2.45, 2.75) is 38.5 Å². The zero-order valence-corrected chi connectivity index (χ0v) is 15.3. The lowest BCUT2D eigenvalue weighted by Crippen LogP contribution is -2.46. The van der Waals surface area contributed by atoms with Crippen molar-refractivity contribution >= 4 is 11.8 Å². The van der Waals surface area contributed by atoms with E-state index < -0.39 is 23.7 Å². The van der Waals surface area contributed by atoms with Crippen molar-refractivity contribution in [1.82, 2.24) is 10.2 Å². The van der Waals surface area contributed by atoms with Crippen LogP contribution < -0.4 is 5.32 Å². The van der Waals surface area contributed by atoms with Crippen molar-refractivity contribution in [3.8, 4) is 0 Å². The van der Waals surface area contributed by atoms with Gasteiger partial charge in [-0.3, -0.25) is 9.59 Å². The summed E-state index contributed by atoms with van der Waals surface area (Å²) >= 11 is 0. The zero-order valence-electron chi connectivity index (χ0n) is 15.3. The SMILES string of the molecule is CC(=O)N1C[C@H](C(=O)NCc2ccco2)CC[C@@H]1c1cccc(C(F)(F)F)c1. The predicted molar refractivity (Wildman–Crippen MR) is 94.9 cm³/mol. The molecule has 3 rings (SSSR count). The van der Waals surface area contributed by atoms with Crippen LogP contribution in [0.3, 0.4) is 0 Å². The number of alkyl halides is 3. The molecule has 1 aromatic heterocycles. The van der Waals surface area contributed by atoms with Crippen molar-refractivity contribution in [1.29, 1.82) is 0 Å². The standard InChI is InChI=1S/C20H21F3N2O3/c1-13(26)25-12-15(19(27)24-11-17-6-3-9-28-17)7-8-18(25)14-4-2-5-16(10-14)20(21,22)23/h2-6,9-10,15,18H,7-8,11-12H2,1H3,(H,24,27)/t15-,18-/m1/s1. The first-order valence-corrected chi connectivity index (χ1v) is 9.00. The summed E-state index contributed by atoms with van der Waals surface area (Å²) in [6.45, 7) is 1.78. The average molecular weight is 394 g/mol. The van der Waals surface area contributed by atoms with Gasteiger partial charge in [-0.15, -0.1) is 0 Å². The Morgan fingerprint density at radius 3 is 2.64 bits per heavy atom. The third-order valence-corrected chi connectivity index (χ3v) is 4.97. The summed E-state index contributed by atoms with van der Waals surface area (Å²) in [5.41, 5.74) is -0.314. The molecular weight excluding hydrogens is 373 g/mol. The first-order chi connectivity index (χ1) is 13.3. The molecule has 1 aliphatic rings. The number of hydrogen-bond acceptors (Lipinski definition) is 3. The van der Waals surface area contributed by atoms with Gasteiger partial charge >= 0.3 is 6.18 Å². The number of nitrogens with one attached hydrogen (secondary N) is 1. The molecule has 0 radical (unpaired) electrons. The van der Waals surface area contributed by atoms with Crippen molar-refractivity contribution in [2.24, 2.45) is 5.92 Å². The van der Waals surface area contributed by atoms with Gasteiger partial charge in [-0.2, -0.15) is 13.2 Å². The van der Waals surface area contributed by atoms with Gasteiger partial charge in [0.1, 0.15) is 5.76 Å². The highest BCUT2D eigenvalue weighted by molar-refractivity contribution is 5.80. The minimum Gasteiger partial charge on any atom is -0.467 e. The third kappa shape index (κ3) is 4.55. The fourth-order valence-electron chi connectivity index (χ4n) is 3.53. The summed E-state index contributed by atoms with van der Waals surface area (Å²) in [6, 6.07) is 8.01. The van der Waals surface area contributed by atoms with Crippen molar-refractivity contribution in [3.05, 3.63) is 59.5 Å². The number of piperidine rings is 1. The Labute approximate surface area is 160 Å². The second-order valence-corrected chi connectivity index (χ2v) is 6.88. The molecule has 1 aliphatic heterocycles. The van der Waals surface area contributed by atoms with E-state index in [9.17, 15) is 22.8 Å². The molecule has 28 heavy (non-hydrogen) atoms. The predicted octanol–water partition coefficient (Wildman–Crippen LogP) is 3.91. The lowest BCUT2D eigenvalue weighted by Gasteiger charge is -2.39. The molecule has 1 N–H and O–H groups in total. The van der Waals surface area contributed by atoms with Gasteiger partial charge in [0.05, 0.1) is 30.3 Å². The van der Waals surface area contributed by atoms with Crippen LogP contribution in [0.5, 0.6) is 0 Å². The number of hydrogen-bond donors (Lipinski definition) is 1. The summed E-state index contributed by atoms with van der Waals surface area (Å²) in [5.74, 6) is -0.272. The van der Waals surface area contributed by atoms with E-state index in [1.807, 2.05) is 0 Å². The maximum absolute atomic E-state index is 13.0. The number of nitrogens with zero attached hydrogens (tertiary/aromatic N) is 1. The van der Waals surface area contributed by atoms with E-state index in [2.05, 4.69) is 5.32 Å². The van der Waals surface area contributed by atoms with Gasteiger partial charge in [-0.1, -0.05) is 12.1 Å². The topological polar surface area (TPSA) is 62.6 Å². The van der Waals surface area contributed by atoms with Crippen LogP contribution in [0.4, 0.5) is 13.2 Å². The molecule has 1 saturated heterocycles. The lowest BCUT2D eigenvalue weighted by atomic mass is 9.87. The van der Waals surface area contributed by atoms with E-state index in [4.69, 9.17) is 4.42 Å². The highest BCUT2D eigenvalue weighted by Crippen LogP contribution is 2.36. The molecule has 2 atom stereocenters. The molecule has 1 aromatic carbocycles. The van der Waals surface area contributed by atoms with Gasteiger partial charge < -0.3 is 14.6 Å². The Balaban J connectivity index is 1.71. The number of halogens is 3. The molecule has 2 amide bonds. The first-order valence-electron chi connectivity index (χ1n) is 9.00. The maximum atomic E-state index is 13.0. The van der Waals surface area contributed by atoms with Crippen molar-refractivity contribution in [3.63, 3.8) is 0 Å².